The Bertz CT molecular complexity index is 83.7. The maximum atomic E-state index is 10.2. The van der Waals surface area contributed by atoms with Gasteiger partial charge in [-0.2, -0.15) is 0 Å². The van der Waals surface area contributed by atoms with Crippen molar-refractivity contribution in [2.24, 2.45) is 5.73 Å². The highest BCUT2D eigenvalue weighted by Crippen LogP contribution is 1.68. The summed E-state index contributed by atoms with van der Waals surface area (Å²) in [4.78, 5) is 10.2. The number of carbonyl (C=O) groups excluding carboxylic acids is 1. The molecule has 0 aromatic heterocycles. The molecule has 0 bridgehead atoms. The summed E-state index contributed by atoms with van der Waals surface area (Å²) in [6.45, 7) is 12.9. The average molecular weight is 220 g/mol. The smallest absolute Gasteiger partial charge is 0.221 e. The van der Waals surface area contributed by atoms with Gasteiger partial charge in [0.15, 0.2) is 0 Å². The number of nitrogens with two attached hydrogens (primary N) is 1. The summed E-state index contributed by atoms with van der Waals surface area (Å²) in [5, 5.41) is 2.45. The van der Waals surface area contributed by atoms with Crippen LogP contribution in [0.1, 0.15) is 60.8 Å². The first-order valence-electron chi connectivity index (χ1n) is 6.04. The quantitative estimate of drug-likeness (QED) is 0.752. The van der Waals surface area contributed by atoms with Crippen molar-refractivity contribution in [2.45, 2.75) is 60.8 Å². The molecule has 3 nitrogen and oxygen atoms in total. The van der Waals surface area contributed by atoms with E-state index in [4.69, 9.17) is 5.73 Å². The Morgan fingerprint density at radius 2 is 1.33 bits per heavy atom. The van der Waals surface area contributed by atoms with Crippen LogP contribution < -0.4 is 11.1 Å². The molecule has 0 rings (SSSR count). The molecule has 0 spiro atoms. The first kappa shape index (κ1) is 23.9. The zero-order valence-corrected chi connectivity index (χ0v) is 11.8. The normalized spacial score (nSPS) is 6.67. The van der Waals surface area contributed by atoms with E-state index in [9.17, 15) is 4.79 Å². The topological polar surface area (TPSA) is 55.1 Å². The molecule has 1 amide bonds. The van der Waals surface area contributed by atoms with Gasteiger partial charge in [0.2, 0.25) is 5.91 Å². The third-order valence-corrected chi connectivity index (χ3v) is 0.650. The van der Waals surface area contributed by atoms with E-state index in [2.05, 4.69) is 33.0 Å². The third kappa shape index (κ3) is 89.4. The maximum Gasteiger partial charge on any atom is 0.221 e. The zero-order chi connectivity index (χ0) is 13.1. The van der Waals surface area contributed by atoms with E-state index in [1.807, 2.05) is 13.8 Å². The van der Waals surface area contributed by atoms with Gasteiger partial charge in [0.05, 0.1) is 0 Å². The molecule has 0 atom stereocenters. The second-order valence-corrected chi connectivity index (χ2v) is 2.63. The van der Waals surface area contributed by atoms with E-state index >= 15 is 0 Å². The standard InChI is InChI=1S/C4H10N2O.2C3H8.C2H6/c1-6-4(7)2-3-5;2*1-3-2;1-2/h2-3,5H2,1H3,(H,6,7);2*3H2,1-2H3;1-2H3. The third-order valence-electron chi connectivity index (χ3n) is 0.650. The number of carbonyl (C=O) groups is 1. The molecule has 0 heterocycles. The molecule has 0 aromatic rings. The number of amides is 1. The second-order valence-electron chi connectivity index (χ2n) is 2.63. The van der Waals surface area contributed by atoms with Crippen molar-refractivity contribution in [2.75, 3.05) is 13.6 Å². The highest BCUT2D eigenvalue weighted by atomic mass is 16.1. The lowest BCUT2D eigenvalue weighted by Gasteiger charge is -1.91. The van der Waals surface area contributed by atoms with E-state index in [1.165, 1.54) is 12.8 Å². The van der Waals surface area contributed by atoms with Crippen LogP contribution in [0, 0.1) is 0 Å². The molecule has 0 aromatic carbocycles. The monoisotopic (exact) mass is 220 g/mol. The molecule has 0 aliphatic carbocycles. The van der Waals surface area contributed by atoms with Crippen LogP contribution in [-0.4, -0.2) is 19.5 Å². The fraction of sp³-hybridized carbons (Fsp3) is 0.917. The van der Waals surface area contributed by atoms with Crippen molar-refractivity contribution < 1.29 is 4.79 Å². The minimum atomic E-state index is 0.00231. The van der Waals surface area contributed by atoms with Crippen LogP contribution in [0.15, 0.2) is 0 Å². The molecule has 0 aliphatic heterocycles. The van der Waals surface area contributed by atoms with Crippen LogP contribution in [0.4, 0.5) is 0 Å². The van der Waals surface area contributed by atoms with Crippen molar-refractivity contribution >= 4 is 5.91 Å². The summed E-state index contributed by atoms with van der Waals surface area (Å²) in [5.41, 5.74) is 5.04. The Morgan fingerprint density at radius 3 is 1.40 bits per heavy atom. The lowest BCUT2D eigenvalue weighted by molar-refractivity contribution is -0.120. The molecular weight excluding hydrogens is 188 g/mol. The minimum absolute atomic E-state index is 0.00231. The maximum absolute atomic E-state index is 10.2. The lowest BCUT2D eigenvalue weighted by Crippen LogP contribution is -2.20. The predicted molar refractivity (Wildman–Crippen MR) is 71.0 cm³/mol. The first-order valence-corrected chi connectivity index (χ1v) is 6.04. The van der Waals surface area contributed by atoms with E-state index in [-0.39, 0.29) is 5.91 Å². The van der Waals surface area contributed by atoms with Gasteiger partial charge in [0.25, 0.3) is 0 Å². The SMILES string of the molecule is CC.CCC.CCC.CNC(=O)CCN. The molecule has 3 N–H and O–H groups in total. The predicted octanol–water partition coefficient (Wildman–Crippen LogP) is 2.94. The molecule has 3 heteroatoms. The fourth-order valence-corrected chi connectivity index (χ4v) is 0.256. The van der Waals surface area contributed by atoms with Gasteiger partial charge in [-0.1, -0.05) is 54.4 Å². The number of hydrogen-bond acceptors (Lipinski definition) is 2. The Hall–Kier alpha value is -0.570. The molecule has 0 unspecified atom stereocenters. The van der Waals surface area contributed by atoms with Gasteiger partial charge in [0, 0.05) is 20.0 Å². The average Bonchev–Trinajstić information content (AvgIpc) is 2.23. The summed E-state index contributed by atoms with van der Waals surface area (Å²) >= 11 is 0. The Balaban J connectivity index is -0.0000000638. The van der Waals surface area contributed by atoms with Gasteiger partial charge < -0.3 is 11.1 Å². The van der Waals surface area contributed by atoms with Gasteiger partial charge in [-0.15, -0.1) is 0 Å². The Kier molecular flexibility index (Phi) is 60.0. The fourth-order valence-electron chi connectivity index (χ4n) is 0.256. The van der Waals surface area contributed by atoms with Crippen LogP contribution >= 0.6 is 0 Å². The number of rotatable bonds is 2. The summed E-state index contributed by atoms with van der Waals surface area (Å²) in [6.07, 6.45) is 2.93. The van der Waals surface area contributed by atoms with E-state index in [1.54, 1.807) is 7.05 Å². The van der Waals surface area contributed by atoms with Gasteiger partial charge in [-0.05, 0) is 0 Å². The van der Waals surface area contributed by atoms with Crippen LogP contribution in [0.2, 0.25) is 0 Å². The van der Waals surface area contributed by atoms with Crippen molar-refractivity contribution in [1.29, 1.82) is 0 Å². The van der Waals surface area contributed by atoms with Gasteiger partial charge in [-0.25, -0.2) is 0 Å². The minimum Gasteiger partial charge on any atom is -0.359 e. The van der Waals surface area contributed by atoms with E-state index in [0.717, 1.165) is 0 Å². The molecule has 15 heavy (non-hydrogen) atoms. The summed E-state index contributed by atoms with van der Waals surface area (Å²) in [6, 6.07) is 0. The van der Waals surface area contributed by atoms with E-state index < -0.39 is 0 Å². The van der Waals surface area contributed by atoms with Crippen molar-refractivity contribution in [3.8, 4) is 0 Å². The van der Waals surface area contributed by atoms with Crippen LogP contribution in [0.5, 0.6) is 0 Å². The van der Waals surface area contributed by atoms with E-state index in [0.29, 0.717) is 13.0 Å². The molecule has 0 saturated carbocycles. The van der Waals surface area contributed by atoms with Crippen LogP contribution in [0.3, 0.4) is 0 Å². The van der Waals surface area contributed by atoms with Gasteiger partial charge >= 0.3 is 0 Å². The number of nitrogens with one attached hydrogen (secondary N) is 1. The second kappa shape index (κ2) is 37.6. The molecule has 0 aliphatic rings. The zero-order valence-electron chi connectivity index (χ0n) is 11.8. The van der Waals surface area contributed by atoms with Crippen molar-refractivity contribution in [3.05, 3.63) is 0 Å². The Labute approximate surface area is 96.8 Å². The summed E-state index contributed by atoms with van der Waals surface area (Å²) in [5.74, 6) is 0.00231. The highest BCUT2D eigenvalue weighted by molar-refractivity contribution is 5.75. The summed E-state index contributed by atoms with van der Waals surface area (Å²) < 4.78 is 0. The molecule has 0 fully saturated rings. The summed E-state index contributed by atoms with van der Waals surface area (Å²) in [7, 11) is 1.60. The van der Waals surface area contributed by atoms with Crippen LogP contribution in [0.25, 0.3) is 0 Å². The largest absolute Gasteiger partial charge is 0.359 e. The van der Waals surface area contributed by atoms with Crippen molar-refractivity contribution in [3.63, 3.8) is 0 Å². The van der Waals surface area contributed by atoms with Crippen LogP contribution in [-0.2, 0) is 4.79 Å². The lowest BCUT2D eigenvalue weighted by atomic mass is 10.4. The molecule has 96 valence electrons. The molecular formula is C12H32N2O. The first-order chi connectivity index (χ1) is 7.14. The number of hydrogen-bond donors (Lipinski definition) is 2. The molecule has 0 saturated heterocycles. The molecule has 0 radical (unpaired) electrons. The van der Waals surface area contributed by atoms with Gasteiger partial charge in [-0.3, -0.25) is 4.79 Å². The Morgan fingerprint density at radius 1 is 1.07 bits per heavy atom. The van der Waals surface area contributed by atoms with Gasteiger partial charge in [0.1, 0.15) is 0 Å². The van der Waals surface area contributed by atoms with Crippen molar-refractivity contribution in [1.82, 2.24) is 5.32 Å². The highest BCUT2D eigenvalue weighted by Gasteiger charge is 1.90.